The minimum Gasteiger partial charge on any atom is -0.497 e. The SMILES string of the molecule is COc1ccc(OC)c(NC(=O)C2=C(C)NC(SCC(=O)Nc3c(C)cccc3C)=C(C#N)[C@H]2c2ccco2)c1. The third-order valence-electron chi connectivity index (χ3n) is 6.47. The molecule has 1 aromatic heterocycles. The number of aryl methyl sites for hydroxylation is 2. The number of para-hydroxylation sites is 1. The number of dihydropyridines is 1. The second kappa shape index (κ2) is 12.5. The van der Waals surface area contributed by atoms with E-state index in [1.165, 1.54) is 32.2 Å². The molecule has 2 heterocycles. The number of benzene rings is 2. The van der Waals surface area contributed by atoms with Crippen LogP contribution in [0.2, 0.25) is 0 Å². The molecular formula is C30H30N4O5S. The van der Waals surface area contributed by atoms with Gasteiger partial charge in [-0.15, -0.1) is 0 Å². The van der Waals surface area contributed by atoms with Gasteiger partial charge in [-0.25, -0.2) is 0 Å². The summed E-state index contributed by atoms with van der Waals surface area (Å²) in [5, 5.41) is 19.8. The maximum Gasteiger partial charge on any atom is 0.254 e. The van der Waals surface area contributed by atoms with Crippen LogP contribution in [-0.2, 0) is 9.59 Å². The van der Waals surface area contributed by atoms with Crippen molar-refractivity contribution < 1.29 is 23.5 Å². The maximum absolute atomic E-state index is 13.7. The highest BCUT2D eigenvalue weighted by Crippen LogP contribution is 2.41. The summed E-state index contributed by atoms with van der Waals surface area (Å²) in [6.07, 6.45) is 1.49. The maximum atomic E-state index is 13.7. The minimum absolute atomic E-state index is 0.0575. The fraction of sp³-hybridized carbons (Fsp3) is 0.233. The van der Waals surface area contributed by atoms with Crippen molar-refractivity contribution in [1.82, 2.24) is 5.32 Å². The van der Waals surface area contributed by atoms with E-state index in [1.807, 2.05) is 32.0 Å². The molecule has 206 valence electrons. The third kappa shape index (κ3) is 6.00. The number of hydrogen-bond acceptors (Lipinski definition) is 8. The van der Waals surface area contributed by atoms with Crippen LogP contribution in [0.1, 0.15) is 29.7 Å². The van der Waals surface area contributed by atoms with Crippen molar-refractivity contribution in [2.24, 2.45) is 0 Å². The highest BCUT2D eigenvalue weighted by Gasteiger charge is 2.37. The molecule has 2 aromatic carbocycles. The topological polar surface area (TPSA) is 126 Å². The second-order valence-electron chi connectivity index (χ2n) is 9.09. The van der Waals surface area contributed by atoms with Gasteiger partial charge in [-0.1, -0.05) is 30.0 Å². The lowest BCUT2D eigenvalue weighted by Crippen LogP contribution is -2.31. The molecule has 2 amide bonds. The lowest BCUT2D eigenvalue weighted by atomic mass is 9.85. The fourth-order valence-corrected chi connectivity index (χ4v) is 5.39. The van der Waals surface area contributed by atoms with Gasteiger partial charge in [0.2, 0.25) is 5.91 Å². The number of nitriles is 1. The predicted molar refractivity (Wildman–Crippen MR) is 155 cm³/mol. The van der Waals surface area contributed by atoms with Gasteiger partial charge in [0.25, 0.3) is 5.91 Å². The van der Waals surface area contributed by atoms with Crippen molar-refractivity contribution in [3.8, 4) is 17.6 Å². The molecule has 3 aromatic rings. The highest BCUT2D eigenvalue weighted by atomic mass is 32.2. The number of nitrogens with zero attached hydrogens (tertiary/aromatic N) is 1. The Morgan fingerprint density at radius 3 is 2.42 bits per heavy atom. The summed E-state index contributed by atoms with van der Waals surface area (Å²) >= 11 is 1.19. The summed E-state index contributed by atoms with van der Waals surface area (Å²) in [5.74, 6) is 0.0401. The number of rotatable bonds is 9. The zero-order chi connectivity index (χ0) is 28.8. The van der Waals surface area contributed by atoms with E-state index in [2.05, 4.69) is 22.0 Å². The predicted octanol–water partition coefficient (Wildman–Crippen LogP) is 5.62. The summed E-state index contributed by atoms with van der Waals surface area (Å²) in [5.41, 5.74) is 4.22. The molecule has 0 unspecified atom stereocenters. The number of hydrogen-bond donors (Lipinski definition) is 3. The molecule has 1 aliphatic rings. The zero-order valence-corrected chi connectivity index (χ0v) is 23.7. The molecular weight excluding hydrogens is 528 g/mol. The Labute approximate surface area is 237 Å². The molecule has 0 spiro atoms. The molecule has 4 rings (SSSR count). The Morgan fingerprint density at radius 1 is 1.05 bits per heavy atom. The first-order chi connectivity index (χ1) is 19.3. The van der Waals surface area contributed by atoms with E-state index in [0.717, 1.165) is 16.8 Å². The molecule has 0 saturated heterocycles. The fourth-order valence-electron chi connectivity index (χ4n) is 4.49. The lowest BCUT2D eigenvalue weighted by Gasteiger charge is -2.28. The first-order valence-electron chi connectivity index (χ1n) is 12.4. The van der Waals surface area contributed by atoms with Crippen molar-refractivity contribution in [3.05, 3.63) is 93.6 Å². The molecule has 9 nitrogen and oxygen atoms in total. The number of thioether (sulfide) groups is 1. The van der Waals surface area contributed by atoms with Crippen LogP contribution in [0, 0.1) is 25.2 Å². The molecule has 0 fully saturated rings. The van der Waals surface area contributed by atoms with Crippen molar-refractivity contribution in [1.29, 1.82) is 5.26 Å². The number of furan rings is 1. The lowest BCUT2D eigenvalue weighted by molar-refractivity contribution is -0.114. The normalized spacial score (nSPS) is 14.8. The Balaban J connectivity index is 1.62. The average Bonchev–Trinajstić information content (AvgIpc) is 3.48. The average molecular weight is 559 g/mol. The van der Waals surface area contributed by atoms with Crippen LogP contribution in [-0.4, -0.2) is 31.8 Å². The number of ether oxygens (including phenoxy) is 2. The van der Waals surface area contributed by atoms with Gasteiger partial charge in [0.1, 0.15) is 17.3 Å². The summed E-state index contributed by atoms with van der Waals surface area (Å²) in [4.78, 5) is 26.6. The number of allylic oxidation sites excluding steroid dienone is 2. The molecule has 0 bridgehead atoms. The number of anilines is 2. The van der Waals surface area contributed by atoms with Crippen molar-refractivity contribution >= 4 is 35.0 Å². The second-order valence-corrected chi connectivity index (χ2v) is 10.1. The van der Waals surface area contributed by atoms with Gasteiger partial charge in [-0.05, 0) is 56.2 Å². The van der Waals surface area contributed by atoms with Crippen LogP contribution in [0.5, 0.6) is 11.5 Å². The van der Waals surface area contributed by atoms with E-state index in [1.54, 1.807) is 37.3 Å². The number of nitrogens with one attached hydrogen (secondary N) is 3. The largest absolute Gasteiger partial charge is 0.497 e. The summed E-state index contributed by atoms with van der Waals surface area (Å²) in [6.45, 7) is 5.62. The molecule has 0 radical (unpaired) electrons. The molecule has 40 heavy (non-hydrogen) atoms. The Hall–Kier alpha value is -4.62. The van der Waals surface area contributed by atoms with Gasteiger partial charge in [-0.2, -0.15) is 5.26 Å². The van der Waals surface area contributed by atoms with Crippen LogP contribution in [0.25, 0.3) is 0 Å². The van der Waals surface area contributed by atoms with Crippen molar-refractivity contribution in [2.45, 2.75) is 26.7 Å². The quantitative estimate of drug-likeness (QED) is 0.309. The van der Waals surface area contributed by atoms with Gasteiger partial charge in [0, 0.05) is 17.5 Å². The number of carbonyl (C=O) groups is 2. The molecule has 3 N–H and O–H groups in total. The van der Waals surface area contributed by atoms with Crippen molar-refractivity contribution in [3.63, 3.8) is 0 Å². The van der Waals surface area contributed by atoms with Gasteiger partial charge in [0.05, 0.1) is 60.1 Å². The summed E-state index contributed by atoms with van der Waals surface area (Å²) in [7, 11) is 3.04. The summed E-state index contributed by atoms with van der Waals surface area (Å²) in [6, 6.07) is 16.5. The smallest absolute Gasteiger partial charge is 0.254 e. The van der Waals surface area contributed by atoms with Gasteiger partial charge in [0.15, 0.2) is 0 Å². The van der Waals surface area contributed by atoms with Gasteiger partial charge >= 0.3 is 0 Å². The van der Waals surface area contributed by atoms with Crippen LogP contribution in [0.4, 0.5) is 11.4 Å². The Kier molecular flexibility index (Phi) is 8.86. The monoisotopic (exact) mass is 558 g/mol. The third-order valence-corrected chi connectivity index (χ3v) is 7.48. The number of carbonyl (C=O) groups excluding carboxylic acids is 2. The van der Waals surface area contributed by atoms with Crippen LogP contribution < -0.4 is 25.4 Å². The number of amides is 2. The standard InChI is InChI=1S/C30H30N4O5S/c1-17-8-6-9-18(2)28(17)34-25(35)16-40-30-21(15-31)27(24-10-7-13-39-24)26(19(3)32-30)29(36)33-22-14-20(37-4)11-12-23(22)38-5/h6-14,27,32H,16H2,1-5H3,(H,33,36)(H,34,35)/t27-/m0/s1. The Bertz CT molecular complexity index is 1520. The highest BCUT2D eigenvalue weighted by molar-refractivity contribution is 8.03. The minimum atomic E-state index is -0.790. The van der Waals surface area contributed by atoms with Crippen LogP contribution in [0.15, 0.2) is 81.1 Å². The van der Waals surface area contributed by atoms with E-state index in [-0.39, 0.29) is 17.2 Å². The molecule has 0 aliphatic carbocycles. The molecule has 10 heteroatoms. The zero-order valence-electron chi connectivity index (χ0n) is 22.9. The molecule has 0 saturated carbocycles. The van der Waals surface area contributed by atoms with Crippen LogP contribution in [0.3, 0.4) is 0 Å². The van der Waals surface area contributed by atoms with Gasteiger partial charge < -0.3 is 29.8 Å². The van der Waals surface area contributed by atoms with Crippen LogP contribution >= 0.6 is 11.8 Å². The van der Waals surface area contributed by atoms with Crippen molar-refractivity contribution in [2.75, 3.05) is 30.6 Å². The van der Waals surface area contributed by atoms with E-state index >= 15 is 0 Å². The first kappa shape index (κ1) is 28.4. The van der Waals surface area contributed by atoms with E-state index < -0.39 is 11.8 Å². The van der Waals surface area contributed by atoms with E-state index in [9.17, 15) is 14.9 Å². The van der Waals surface area contributed by atoms with E-state index in [0.29, 0.717) is 39.2 Å². The number of methoxy groups -OCH3 is 2. The molecule has 1 aliphatic heterocycles. The first-order valence-corrected chi connectivity index (χ1v) is 13.4. The van der Waals surface area contributed by atoms with E-state index in [4.69, 9.17) is 13.9 Å². The van der Waals surface area contributed by atoms with Gasteiger partial charge in [-0.3, -0.25) is 9.59 Å². The molecule has 1 atom stereocenters. The Morgan fingerprint density at radius 2 is 1.80 bits per heavy atom. The summed E-state index contributed by atoms with van der Waals surface area (Å²) < 4.78 is 16.4.